The third kappa shape index (κ3) is 3.33. The fourth-order valence-electron chi connectivity index (χ4n) is 2.84. The second kappa shape index (κ2) is 6.92. The summed E-state index contributed by atoms with van der Waals surface area (Å²) in [5.41, 5.74) is 3.21. The standard InChI is InChI=1S/C18H17FN6OS/c1-10(26)20-7-8-21-16-13-15(25(2)9-22-13)14-18(24-16)27-17(23-14)11-3-5-12(19)6-4-11/h3-6,9H,7-8H2,1-2H3,(H,20,26)(H,21,24). The summed E-state index contributed by atoms with van der Waals surface area (Å²) >= 11 is 1.45. The highest BCUT2D eigenvalue weighted by molar-refractivity contribution is 7.21. The van der Waals surface area contributed by atoms with Crippen LogP contribution in [-0.4, -0.2) is 38.5 Å². The van der Waals surface area contributed by atoms with Gasteiger partial charge in [0.15, 0.2) is 5.82 Å². The van der Waals surface area contributed by atoms with Gasteiger partial charge >= 0.3 is 0 Å². The van der Waals surface area contributed by atoms with Crippen molar-refractivity contribution in [3.63, 3.8) is 0 Å². The molecule has 1 amide bonds. The highest BCUT2D eigenvalue weighted by Gasteiger charge is 2.17. The summed E-state index contributed by atoms with van der Waals surface area (Å²) in [4.78, 5) is 25.6. The SMILES string of the molecule is CC(=O)NCCNc1nc2sc(-c3ccc(F)cc3)nc2c2c1ncn2C. The number of halogens is 1. The summed E-state index contributed by atoms with van der Waals surface area (Å²) in [5.74, 6) is 0.296. The Kier molecular flexibility index (Phi) is 4.44. The molecule has 27 heavy (non-hydrogen) atoms. The van der Waals surface area contributed by atoms with Crippen molar-refractivity contribution in [2.75, 3.05) is 18.4 Å². The lowest BCUT2D eigenvalue weighted by Gasteiger charge is -2.07. The summed E-state index contributed by atoms with van der Waals surface area (Å²) in [5, 5.41) is 6.75. The number of hydrogen-bond acceptors (Lipinski definition) is 6. The Morgan fingerprint density at radius 2 is 1.96 bits per heavy atom. The van der Waals surface area contributed by atoms with Crippen LogP contribution in [0.1, 0.15) is 6.92 Å². The fourth-order valence-corrected chi connectivity index (χ4v) is 3.79. The van der Waals surface area contributed by atoms with Crippen LogP contribution < -0.4 is 10.6 Å². The quantitative estimate of drug-likeness (QED) is 0.517. The van der Waals surface area contributed by atoms with Crippen LogP contribution in [0, 0.1) is 5.82 Å². The Morgan fingerprint density at radius 3 is 2.70 bits per heavy atom. The van der Waals surface area contributed by atoms with E-state index in [1.807, 2.05) is 11.6 Å². The number of carbonyl (C=O) groups excluding carboxylic acids is 1. The first-order chi connectivity index (χ1) is 13.0. The van der Waals surface area contributed by atoms with Crippen LogP contribution >= 0.6 is 11.3 Å². The highest BCUT2D eigenvalue weighted by Crippen LogP contribution is 2.35. The molecule has 1 aromatic carbocycles. The minimum atomic E-state index is -0.280. The molecule has 138 valence electrons. The molecule has 7 nitrogen and oxygen atoms in total. The van der Waals surface area contributed by atoms with Crippen molar-refractivity contribution in [2.45, 2.75) is 6.92 Å². The predicted molar refractivity (Wildman–Crippen MR) is 104 cm³/mol. The molecular formula is C18H17FN6OS. The van der Waals surface area contributed by atoms with E-state index >= 15 is 0 Å². The first-order valence-corrected chi connectivity index (χ1v) is 9.20. The molecule has 3 heterocycles. The number of carbonyl (C=O) groups is 1. The smallest absolute Gasteiger partial charge is 0.216 e. The fraction of sp³-hybridized carbons (Fsp3) is 0.222. The summed E-state index contributed by atoms with van der Waals surface area (Å²) in [6.45, 7) is 2.51. The first-order valence-electron chi connectivity index (χ1n) is 8.39. The molecule has 0 aliphatic heterocycles. The summed E-state index contributed by atoms with van der Waals surface area (Å²) in [6.07, 6.45) is 1.72. The highest BCUT2D eigenvalue weighted by atomic mass is 32.1. The molecule has 3 aromatic heterocycles. The lowest BCUT2D eigenvalue weighted by Crippen LogP contribution is -2.26. The number of pyridine rings is 1. The van der Waals surface area contributed by atoms with Gasteiger partial charge in [0.05, 0.1) is 6.33 Å². The van der Waals surface area contributed by atoms with E-state index in [1.165, 1.54) is 30.4 Å². The average Bonchev–Trinajstić information content (AvgIpc) is 3.22. The molecular weight excluding hydrogens is 367 g/mol. The van der Waals surface area contributed by atoms with Crippen molar-refractivity contribution >= 4 is 44.4 Å². The van der Waals surface area contributed by atoms with Crippen molar-refractivity contribution in [3.05, 3.63) is 36.4 Å². The summed E-state index contributed by atoms with van der Waals surface area (Å²) in [7, 11) is 1.91. The third-order valence-corrected chi connectivity index (χ3v) is 5.09. The van der Waals surface area contributed by atoms with E-state index in [9.17, 15) is 9.18 Å². The Hall–Kier alpha value is -3.07. The van der Waals surface area contributed by atoms with Gasteiger partial charge in [0.2, 0.25) is 5.91 Å². The van der Waals surface area contributed by atoms with Crippen LogP contribution in [0.3, 0.4) is 0 Å². The van der Waals surface area contributed by atoms with Crippen molar-refractivity contribution < 1.29 is 9.18 Å². The molecule has 0 aliphatic carbocycles. The minimum Gasteiger partial charge on any atom is -0.366 e. The summed E-state index contributed by atoms with van der Waals surface area (Å²) < 4.78 is 15.1. The van der Waals surface area contributed by atoms with Gasteiger partial charge in [-0.05, 0) is 24.3 Å². The van der Waals surface area contributed by atoms with Gasteiger partial charge in [-0.2, -0.15) is 0 Å². The number of aryl methyl sites for hydroxylation is 1. The largest absolute Gasteiger partial charge is 0.366 e. The number of nitrogens with zero attached hydrogens (tertiary/aromatic N) is 4. The number of fused-ring (bicyclic) bond motifs is 3. The Labute approximate surface area is 158 Å². The van der Waals surface area contributed by atoms with E-state index in [0.29, 0.717) is 18.9 Å². The first kappa shape index (κ1) is 17.3. The van der Waals surface area contributed by atoms with Crippen molar-refractivity contribution in [1.82, 2.24) is 24.8 Å². The second-order valence-electron chi connectivity index (χ2n) is 6.10. The third-order valence-electron chi connectivity index (χ3n) is 4.09. The molecule has 0 radical (unpaired) electrons. The van der Waals surface area contributed by atoms with E-state index in [-0.39, 0.29) is 11.7 Å². The molecule has 0 unspecified atom stereocenters. The van der Waals surface area contributed by atoms with Crippen molar-refractivity contribution in [2.24, 2.45) is 7.05 Å². The molecule has 0 spiro atoms. The van der Waals surface area contributed by atoms with Crippen LogP contribution in [0.4, 0.5) is 10.2 Å². The number of aromatic nitrogens is 4. The molecule has 0 fully saturated rings. The Morgan fingerprint density at radius 1 is 1.19 bits per heavy atom. The van der Waals surface area contributed by atoms with Crippen LogP contribution in [0.2, 0.25) is 0 Å². The van der Waals surface area contributed by atoms with Gasteiger partial charge in [0.25, 0.3) is 0 Å². The lowest BCUT2D eigenvalue weighted by atomic mass is 10.2. The maximum absolute atomic E-state index is 13.2. The molecule has 4 rings (SSSR count). The Bertz CT molecular complexity index is 1130. The number of nitrogens with one attached hydrogen (secondary N) is 2. The van der Waals surface area contributed by atoms with E-state index in [0.717, 1.165) is 32.0 Å². The number of benzene rings is 1. The van der Waals surface area contributed by atoms with E-state index in [1.54, 1.807) is 18.5 Å². The van der Waals surface area contributed by atoms with Gasteiger partial charge in [-0.1, -0.05) is 11.3 Å². The number of imidazole rings is 1. The zero-order valence-corrected chi connectivity index (χ0v) is 15.6. The maximum Gasteiger partial charge on any atom is 0.216 e. The molecule has 2 N–H and O–H groups in total. The minimum absolute atomic E-state index is 0.0745. The molecule has 0 atom stereocenters. The van der Waals surface area contributed by atoms with Gasteiger partial charge in [-0.25, -0.2) is 19.3 Å². The van der Waals surface area contributed by atoms with Gasteiger partial charge in [0.1, 0.15) is 32.2 Å². The molecule has 0 saturated carbocycles. The van der Waals surface area contributed by atoms with Gasteiger partial charge in [-0.3, -0.25) is 4.79 Å². The van der Waals surface area contributed by atoms with E-state index in [4.69, 9.17) is 4.98 Å². The number of anilines is 1. The van der Waals surface area contributed by atoms with E-state index < -0.39 is 0 Å². The van der Waals surface area contributed by atoms with E-state index in [2.05, 4.69) is 20.6 Å². The second-order valence-corrected chi connectivity index (χ2v) is 7.08. The predicted octanol–water partition coefficient (Wildman–Crippen LogP) is 2.93. The van der Waals surface area contributed by atoms with Crippen molar-refractivity contribution in [1.29, 1.82) is 0 Å². The average molecular weight is 384 g/mol. The monoisotopic (exact) mass is 384 g/mol. The number of thiazole rings is 1. The number of rotatable bonds is 5. The van der Waals surface area contributed by atoms with Crippen LogP contribution in [0.25, 0.3) is 32.0 Å². The zero-order valence-electron chi connectivity index (χ0n) is 14.8. The van der Waals surface area contributed by atoms with Crippen molar-refractivity contribution in [3.8, 4) is 10.6 Å². The molecule has 0 aliphatic rings. The molecule has 4 aromatic rings. The topological polar surface area (TPSA) is 84.7 Å². The summed E-state index contributed by atoms with van der Waals surface area (Å²) in [6, 6.07) is 6.26. The number of amides is 1. The van der Waals surface area contributed by atoms with Crippen LogP contribution in [0.5, 0.6) is 0 Å². The van der Waals surface area contributed by atoms with Crippen LogP contribution in [-0.2, 0) is 11.8 Å². The normalized spacial score (nSPS) is 11.2. The van der Waals surface area contributed by atoms with Gasteiger partial charge in [-0.15, -0.1) is 0 Å². The molecule has 9 heteroatoms. The zero-order chi connectivity index (χ0) is 19.0. The number of hydrogen-bond donors (Lipinski definition) is 2. The Balaban J connectivity index is 1.76. The molecule has 0 saturated heterocycles. The van der Waals surface area contributed by atoms with Gasteiger partial charge in [0, 0.05) is 32.6 Å². The molecule has 0 bridgehead atoms. The van der Waals surface area contributed by atoms with Crippen LogP contribution in [0.15, 0.2) is 30.6 Å². The van der Waals surface area contributed by atoms with Gasteiger partial charge < -0.3 is 15.2 Å². The lowest BCUT2D eigenvalue weighted by molar-refractivity contribution is -0.118. The maximum atomic E-state index is 13.2.